The molecule has 0 fully saturated rings. The van der Waals surface area contributed by atoms with Crippen LogP contribution in [0.2, 0.25) is 5.02 Å². The predicted molar refractivity (Wildman–Crippen MR) is 77.1 cm³/mol. The Labute approximate surface area is 122 Å². The number of pyridine rings is 1. The van der Waals surface area contributed by atoms with Crippen molar-refractivity contribution in [2.75, 3.05) is 0 Å². The van der Waals surface area contributed by atoms with E-state index in [4.69, 9.17) is 11.6 Å². The second kappa shape index (κ2) is 5.16. The van der Waals surface area contributed by atoms with Gasteiger partial charge in [0, 0.05) is 18.4 Å². The maximum atomic E-state index is 12.4. The number of hydrogen-bond acceptors (Lipinski definition) is 3. The van der Waals surface area contributed by atoms with E-state index in [0.717, 1.165) is 18.4 Å². The molecule has 1 atom stereocenters. The Morgan fingerprint density at radius 2 is 2.05 bits per heavy atom. The van der Waals surface area contributed by atoms with E-state index >= 15 is 0 Å². The van der Waals surface area contributed by atoms with Crippen molar-refractivity contribution in [1.82, 2.24) is 9.71 Å². The molecule has 0 aliphatic heterocycles. The molecular weight excluding hydrogens is 296 g/mol. The number of benzene rings is 1. The molecule has 0 amide bonds. The van der Waals surface area contributed by atoms with Gasteiger partial charge in [-0.1, -0.05) is 35.9 Å². The molecule has 1 unspecified atom stereocenters. The summed E-state index contributed by atoms with van der Waals surface area (Å²) in [5.41, 5.74) is 2.23. The van der Waals surface area contributed by atoms with Gasteiger partial charge in [0.2, 0.25) is 10.0 Å². The topological polar surface area (TPSA) is 59.1 Å². The first-order valence-corrected chi connectivity index (χ1v) is 8.14. The summed E-state index contributed by atoms with van der Waals surface area (Å²) in [7, 11) is -3.66. The number of sulfonamides is 1. The number of nitrogens with zero attached hydrogens (tertiary/aromatic N) is 1. The average molecular weight is 309 g/mol. The van der Waals surface area contributed by atoms with Crippen molar-refractivity contribution in [3.8, 4) is 0 Å². The highest BCUT2D eigenvalue weighted by Crippen LogP contribution is 2.32. The quantitative estimate of drug-likeness (QED) is 0.948. The van der Waals surface area contributed by atoms with E-state index in [1.54, 1.807) is 0 Å². The van der Waals surface area contributed by atoms with Crippen molar-refractivity contribution in [1.29, 1.82) is 0 Å². The first-order valence-electron chi connectivity index (χ1n) is 6.27. The highest BCUT2D eigenvalue weighted by molar-refractivity contribution is 7.89. The Morgan fingerprint density at radius 1 is 1.25 bits per heavy atom. The molecule has 1 aliphatic rings. The van der Waals surface area contributed by atoms with Crippen molar-refractivity contribution in [2.45, 2.75) is 23.8 Å². The van der Waals surface area contributed by atoms with Gasteiger partial charge in [0.1, 0.15) is 4.90 Å². The third-order valence-corrected chi connectivity index (χ3v) is 5.39. The number of halogens is 1. The van der Waals surface area contributed by atoms with E-state index in [2.05, 4.69) is 9.71 Å². The zero-order chi connectivity index (χ0) is 14.2. The Balaban J connectivity index is 1.91. The SMILES string of the molecule is O=S(=O)(NC1CCc2ccccc21)c1cnccc1Cl. The fourth-order valence-corrected chi connectivity index (χ4v) is 4.17. The van der Waals surface area contributed by atoms with E-state index in [1.165, 1.54) is 24.0 Å². The molecule has 1 heterocycles. The molecular formula is C14H13ClN2O2S. The molecule has 1 aromatic heterocycles. The molecule has 4 nitrogen and oxygen atoms in total. The minimum absolute atomic E-state index is 0.0195. The molecule has 1 aliphatic carbocycles. The molecule has 20 heavy (non-hydrogen) atoms. The lowest BCUT2D eigenvalue weighted by Gasteiger charge is -2.14. The Kier molecular flexibility index (Phi) is 3.50. The summed E-state index contributed by atoms with van der Waals surface area (Å²) in [6, 6.07) is 9.14. The minimum Gasteiger partial charge on any atom is -0.263 e. The van der Waals surface area contributed by atoms with Gasteiger partial charge < -0.3 is 0 Å². The lowest BCUT2D eigenvalue weighted by atomic mass is 10.1. The van der Waals surface area contributed by atoms with Crippen molar-refractivity contribution < 1.29 is 8.42 Å². The Hall–Kier alpha value is -1.43. The van der Waals surface area contributed by atoms with Crippen LogP contribution in [0.3, 0.4) is 0 Å². The molecule has 104 valence electrons. The summed E-state index contributed by atoms with van der Waals surface area (Å²) in [6.07, 6.45) is 4.37. The fraction of sp³-hybridized carbons (Fsp3) is 0.214. The van der Waals surface area contributed by atoms with Crippen molar-refractivity contribution in [3.63, 3.8) is 0 Å². The van der Waals surface area contributed by atoms with Crippen LogP contribution in [0.4, 0.5) is 0 Å². The zero-order valence-corrected chi connectivity index (χ0v) is 12.2. The van der Waals surface area contributed by atoms with Crippen LogP contribution in [0.15, 0.2) is 47.6 Å². The van der Waals surface area contributed by atoms with Gasteiger partial charge in [-0.05, 0) is 30.0 Å². The van der Waals surface area contributed by atoms with E-state index in [0.29, 0.717) is 0 Å². The van der Waals surface area contributed by atoms with E-state index in [9.17, 15) is 8.42 Å². The fourth-order valence-electron chi connectivity index (χ4n) is 2.49. The number of rotatable bonds is 3. The molecule has 3 rings (SSSR count). The van der Waals surface area contributed by atoms with Crippen LogP contribution in [0.25, 0.3) is 0 Å². The smallest absolute Gasteiger partial charge is 0.244 e. The number of fused-ring (bicyclic) bond motifs is 1. The van der Waals surface area contributed by atoms with Gasteiger partial charge in [0.25, 0.3) is 0 Å². The van der Waals surface area contributed by atoms with Gasteiger partial charge in [-0.15, -0.1) is 0 Å². The molecule has 0 saturated heterocycles. The highest BCUT2D eigenvalue weighted by Gasteiger charge is 2.28. The monoisotopic (exact) mass is 308 g/mol. The highest BCUT2D eigenvalue weighted by atomic mass is 35.5. The van der Waals surface area contributed by atoms with Gasteiger partial charge in [-0.3, -0.25) is 4.98 Å². The zero-order valence-electron chi connectivity index (χ0n) is 10.6. The van der Waals surface area contributed by atoms with E-state index < -0.39 is 10.0 Å². The first kappa shape index (κ1) is 13.5. The number of aromatic nitrogens is 1. The predicted octanol–water partition coefficient (Wildman–Crippen LogP) is 2.70. The van der Waals surface area contributed by atoms with Crippen LogP contribution >= 0.6 is 11.6 Å². The maximum absolute atomic E-state index is 12.4. The van der Waals surface area contributed by atoms with Crippen LogP contribution in [0, 0.1) is 0 Å². The van der Waals surface area contributed by atoms with Gasteiger partial charge in [0.15, 0.2) is 0 Å². The maximum Gasteiger partial charge on any atom is 0.244 e. The summed E-state index contributed by atoms with van der Waals surface area (Å²) >= 11 is 5.94. The molecule has 0 spiro atoms. The lowest BCUT2D eigenvalue weighted by molar-refractivity contribution is 0.554. The summed E-state index contributed by atoms with van der Waals surface area (Å²) < 4.78 is 27.5. The summed E-state index contributed by atoms with van der Waals surface area (Å²) in [4.78, 5) is 3.85. The van der Waals surface area contributed by atoms with Gasteiger partial charge >= 0.3 is 0 Å². The Morgan fingerprint density at radius 3 is 2.85 bits per heavy atom. The van der Waals surface area contributed by atoms with Gasteiger partial charge in [0.05, 0.1) is 5.02 Å². The van der Waals surface area contributed by atoms with E-state index in [1.807, 2.05) is 24.3 Å². The van der Waals surface area contributed by atoms with Gasteiger partial charge in [-0.2, -0.15) is 0 Å². The first-order chi connectivity index (χ1) is 9.58. The molecule has 2 aromatic rings. The third kappa shape index (κ3) is 2.44. The van der Waals surface area contributed by atoms with Crippen molar-refractivity contribution in [3.05, 3.63) is 58.9 Å². The molecule has 0 bridgehead atoms. The standard InChI is InChI=1S/C14H13ClN2O2S/c15-12-7-8-16-9-14(12)20(18,19)17-13-6-5-10-3-1-2-4-11(10)13/h1-4,7-9,13,17H,5-6H2. The van der Waals surface area contributed by atoms with Crippen LogP contribution in [-0.2, 0) is 16.4 Å². The van der Waals surface area contributed by atoms with Crippen LogP contribution < -0.4 is 4.72 Å². The second-order valence-corrected chi connectivity index (χ2v) is 6.81. The number of nitrogens with one attached hydrogen (secondary N) is 1. The minimum atomic E-state index is -3.66. The normalized spacial score (nSPS) is 17.9. The average Bonchev–Trinajstić information content (AvgIpc) is 2.82. The Bertz CT molecular complexity index is 746. The summed E-state index contributed by atoms with van der Waals surface area (Å²) in [5, 5.41) is 0.179. The second-order valence-electron chi connectivity index (χ2n) is 4.72. The number of hydrogen-bond donors (Lipinski definition) is 1. The molecule has 6 heteroatoms. The summed E-state index contributed by atoms with van der Waals surface area (Å²) in [6.45, 7) is 0. The van der Waals surface area contributed by atoms with Crippen LogP contribution in [0.1, 0.15) is 23.6 Å². The van der Waals surface area contributed by atoms with E-state index in [-0.39, 0.29) is 16.0 Å². The third-order valence-electron chi connectivity index (χ3n) is 3.45. The summed E-state index contributed by atoms with van der Waals surface area (Å²) in [5.74, 6) is 0. The molecule has 0 radical (unpaired) electrons. The lowest BCUT2D eigenvalue weighted by Crippen LogP contribution is -2.27. The van der Waals surface area contributed by atoms with Crippen molar-refractivity contribution in [2.24, 2.45) is 0 Å². The molecule has 1 N–H and O–H groups in total. The molecule has 1 aromatic carbocycles. The van der Waals surface area contributed by atoms with Crippen molar-refractivity contribution >= 4 is 21.6 Å². The largest absolute Gasteiger partial charge is 0.263 e. The molecule has 0 saturated carbocycles. The van der Waals surface area contributed by atoms with Crippen LogP contribution in [0.5, 0.6) is 0 Å². The number of aryl methyl sites for hydroxylation is 1. The van der Waals surface area contributed by atoms with Gasteiger partial charge in [-0.25, -0.2) is 13.1 Å². The van der Waals surface area contributed by atoms with Crippen LogP contribution in [-0.4, -0.2) is 13.4 Å².